The summed E-state index contributed by atoms with van der Waals surface area (Å²) >= 11 is 0. The maximum atomic E-state index is 14.3. The Morgan fingerprint density at radius 2 is 1.73 bits per heavy atom. The van der Waals surface area contributed by atoms with Gasteiger partial charge < -0.3 is 16.4 Å². The van der Waals surface area contributed by atoms with Gasteiger partial charge in [0.25, 0.3) is 0 Å². The molecular formula is C26H25F2N5. The van der Waals surface area contributed by atoms with Crippen LogP contribution in [0.1, 0.15) is 18.4 Å². The van der Waals surface area contributed by atoms with Crippen molar-refractivity contribution in [1.82, 2.24) is 9.97 Å². The van der Waals surface area contributed by atoms with Gasteiger partial charge in [-0.05, 0) is 60.7 Å². The summed E-state index contributed by atoms with van der Waals surface area (Å²) in [4.78, 5) is 10.9. The van der Waals surface area contributed by atoms with Crippen molar-refractivity contribution in [2.45, 2.75) is 25.8 Å². The Morgan fingerprint density at radius 1 is 0.939 bits per heavy atom. The van der Waals surface area contributed by atoms with E-state index in [1.165, 1.54) is 12.1 Å². The molecule has 5 rings (SSSR count). The molecule has 1 aliphatic rings. The molecule has 0 unspecified atom stereocenters. The third-order valence-corrected chi connectivity index (χ3v) is 6.30. The fraction of sp³-hybridized carbons (Fsp3) is 0.231. The minimum Gasteiger partial charge on any atom is -0.396 e. The van der Waals surface area contributed by atoms with Crippen LogP contribution in [0.25, 0.3) is 33.2 Å². The monoisotopic (exact) mass is 445 g/mol. The SMILES string of the molecule is Cc1cc(F)cc(-c2cnc3ccc(-c4cncc(F)c4N)cc3c2N2CCC(N)CC2)c1. The van der Waals surface area contributed by atoms with Crippen LogP contribution in [-0.4, -0.2) is 29.1 Å². The number of nitrogens with two attached hydrogens (primary N) is 2. The van der Waals surface area contributed by atoms with Crippen molar-refractivity contribution in [2.24, 2.45) is 5.73 Å². The lowest BCUT2D eigenvalue weighted by atomic mass is 9.95. The van der Waals surface area contributed by atoms with Crippen molar-refractivity contribution < 1.29 is 8.78 Å². The number of anilines is 2. The first-order valence-corrected chi connectivity index (χ1v) is 11.0. The summed E-state index contributed by atoms with van der Waals surface area (Å²) in [6, 6.07) is 10.9. The second kappa shape index (κ2) is 8.41. The molecule has 0 amide bonds. The molecular weight excluding hydrogens is 420 g/mol. The summed E-state index contributed by atoms with van der Waals surface area (Å²) in [6.45, 7) is 3.45. The Balaban J connectivity index is 1.76. The van der Waals surface area contributed by atoms with Crippen molar-refractivity contribution in [3.63, 3.8) is 0 Å². The highest BCUT2D eigenvalue weighted by atomic mass is 19.1. The Kier molecular flexibility index (Phi) is 5.42. The average Bonchev–Trinajstić information content (AvgIpc) is 2.80. The molecule has 1 fully saturated rings. The number of nitrogens with zero attached hydrogens (tertiary/aromatic N) is 3. The molecule has 1 saturated heterocycles. The largest absolute Gasteiger partial charge is 0.396 e. The zero-order valence-electron chi connectivity index (χ0n) is 18.4. The number of piperidine rings is 1. The Labute approximate surface area is 191 Å². The van der Waals surface area contributed by atoms with Crippen LogP contribution in [0.4, 0.5) is 20.2 Å². The molecule has 0 bridgehead atoms. The molecule has 0 spiro atoms. The van der Waals surface area contributed by atoms with Gasteiger partial charge in [-0.25, -0.2) is 8.78 Å². The summed E-state index contributed by atoms with van der Waals surface area (Å²) in [5.74, 6) is -0.843. The van der Waals surface area contributed by atoms with E-state index in [0.717, 1.165) is 71.0 Å². The maximum Gasteiger partial charge on any atom is 0.164 e. The van der Waals surface area contributed by atoms with Gasteiger partial charge in [-0.1, -0.05) is 12.1 Å². The molecule has 33 heavy (non-hydrogen) atoms. The Morgan fingerprint density at radius 3 is 2.48 bits per heavy atom. The summed E-state index contributed by atoms with van der Waals surface area (Å²) in [7, 11) is 0. The van der Waals surface area contributed by atoms with E-state index in [0.29, 0.717) is 5.56 Å². The summed E-state index contributed by atoms with van der Waals surface area (Å²) < 4.78 is 28.4. The van der Waals surface area contributed by atoms with Crippen molar-refractivity contribution in [3.8, 4) is 22.3 Å². The molecule has 7 heteroatoms. The average molecular weight is 446 g/mol. The van der Waals surface area contributed by atoms with E-state index in [9.17, 15) is 8.78 Å². The number of hydrogen-bond donors (Lipinski definition) is 2. The second-order valence-corrected chi connectivity index (χ2v) is 8.68. The number of hydrogen-bond acceptors (Lipinski definition) is 5. The van der Waals surface area contributed by atoms with Crippen molar-refractivity contribution >= 4 is 22.3 Å². The van der Waals surface area contributed by atoms with Gasteiger partial charge in [0.1, 0.15) is 5.82 Å². The molecule has 0 saturated carbocycles. The van der Waals surface area contributed by atoms with Gasteiger partial charge in [-0.2, -0.15) is 0 Å². The van der Waals surface area contributed by atoms with Gasteiger partial charge >= 0.3 is 0 Å². The summed E-state index contributed by atoms with van der Waals surface area (Å²) in [5.41, 5.74) is 17.7. The van der Waals surface area contributed by atoms with Gasteiger partial charge in [0, 0.05) is 48.0 Å². The lowest BCUT2D eigenvalue weighted by Gasteiger charge is -2.34. The van der Waals surface area contributed by atoms with Crippen LogP contribution in [0.2, 0.25) is 0 Å². The van der Waals surface area contributed by atoms with Crippen LogP contribution in [0.15, 0.2) is 55.0 Å². The standard InChI is InChI=1S/C26H25F2N5/c1-15-8-17(10-18(27)9-15)22-13-32-24-3-2-16(21-12-31-14-23(28)25(21)30)11-20(24)26(22)33-6-4-19(29)5-7-33/h2-3,8-14,19H,4-7,29H2,1H3,(H2,30,31). The van der Waals surface area contributed by atoms with Crippen molar-refractivity contribution in [2.75, 3.05) is 23.7 Å². The number of nitrogen functional groups attached to an aromatic ring is 1. The van der Waals surface area contributed by atoms with Crippen LogP contribution in [0.3, 0.4) is 0 Å². The second-order valence-electron chi connectivity index (χ2n) is 8.68. The van der Waals surface area contributed by atoms with E-state index in [1.807, 2.05) is 31.2 Å². The van der Waals surface area contributed by atoms with Gasteiger partial charge in [0.15, 0.2) is 5.82 Å². The van der Waals surface area contributed by atoms with E-state index in [-0.39, 0.29) is 17.5 Å². The normalized spacial score (nSPS) is 14.7. The molecule has 1 aliphatic heterocycles. The van der Waals surface area contributed by atoms with E-state index >= 15 is 0 Å². The molecule has 2 aromatic heterocycles. The third kappa shape index (κ3) is 4.00. The molecule has 4 N–H and O–H groups in total. The summed E-state index contributed by atoms with van der Waals surface area (Å²) in [6.07, 6.45) is 6.20. The number of halogens is 2. The van der Waals surface area contributed by atoms with E-state index in [4.69, 9.17) is 11.5 Å². The van der Waals surface area contributed by atoms with E-state index < -0.39 is 5.82 Å². The lowest BCUT2D eigenvalue weighted by molar-refractivity contribution is 0.502. The minimum absolute atomic E-state index is 0.0553. The van der Waals surface area contributed by atoms with Crippen molar-refractivity contribution in [3.05, 3.63) is 72.2 Å². The first-order valence-electron chi connectivity index (χ1n) is 11.0. The molecule has 3 heterocycles. The van der Waals surface area contributed by atoms with Crippen LogP contribution < -0.4 is 16.4 Å². The van der Waals surface area contributed by atoms with Crippen LogP contribution >= 0.6 is 0 Å². The predicted octanol–water partition coefficient (Wildman–Crippen LogP) is 5.06. The number of fused-ring (bicyclic) bond motifs is 1. The molecule has 5 nitrogen and oxygen atoms in total. The molecule has 0 radical (unpaired) electrons. The zero-order chi connectivity index (χ0) is 23.1. The number of aryl methyl sites for hydroxylation is 1. The van der Waals surface area contributed by atoms with Crippen LogP contribution in [0, 0.1) is 18.6 Å². The number of rotatable bonds is 3. The molecule has 4 aromatic rings. The zero-order valence-corrected chi connectivity index (χ0v) is 18.4. The minimum atomic E-state index is -0.556. The number of aromatic nitrogens is 2. The van der Waals surface area contributed by atoms with Crippen molar-refractivity contribution in [1.29, 1.82) is 0 Å². The highest BCUT2D eigenvalue weighted by molar-refractivity contribution is 6.02. The maximum absolute atomic E-state index is 14.3. The van der Waals surface area contributed by atoms with Gasteiger partial charge in [0.2, 0.25) is 0 Å². The first kappa shape index (κ1) is 21.3. The fourth-order valence-corrected chi connectivity index (χ4v) is 4.59. The topological polar surface area (TPSA) is 81.1 Å². The Hall–Kier alpha value is -3.58. The smallest absolute Gasteiger partial charge is 0.164 e. The van der Waals surface area contributed by atoms with Gasteiger partial charge in [-0.3, -0.25) is 9.97 Å². The highest BCUT2D eigenvalue weighted by Gasteiger charge is 2.23. The molecule has 0 aliphatic carbocycles. The molecule has 0 atom stereocenters. The quantitative estimate of drug-likeness (QED) is 0.461. The van der Waals surface area contributed by atoms with E-state index in [1.54, 1.807) is 12.4 Å². The lowest BCUT2D eigenvalue weighted by Crippen LogP contribution is -2.40. The Bertz CT molecular complexity index is 1330. The molecule has 168 valence electrons. The predicted molar refractivity (Wildman–Crippen MR) is 129 cm³/mol. The summed E-state index contributed by atoms with van der Waals surface area (Å²) in [5, 5.41) is 0.894. The van der Waals surface area contributed by atoms with Gasteiger partial charge in [0.05, 0.1) is 23.1 Å². The number of benzene rings is 2. The first-order chi connectivity index (χ1) is 15.9. The van der Waals surface area contributed by atoms with Gasteiger partial charge in [-0.15, -0.1) is 0 Å². The fourth-order valence-electron chi connectivity index (χ4n) is 4.59. The van der Waals surface area contributed by atoms with Crippen LogP contribution in [-0.2, 0) is 0 Å². The number of pyridine rings is 2. The van der Waals surface area contributed by atoms with E-state index in [2.05, 4.69) is 14.9 Å². The van der Waals surface area contributed by atoms with Crippen LogP contribution in [0.5, 0.6) is 0 Å². The third-order valence-electron chi connectivity index (χ3n) is 6.30. The molecule has 2 aromatic carbocycles. The highest BCUT2D eigenvalue weighted by Crippen LogP contribution is 2.40.